The summed E-state index contributed by atoms with van der Waals surface area (Å²) in [5.74, 6) is 5.22. The van der Waals surface area contributed by atoms with Crippen LogP contribution in [0, 0.1) is 46.3 Å². The van der Waals surface area contributed by atoms with E-state index in [4.69, 9.17) is 4.74 Å². The Morgan fingerprint density at radius 2 is 1.77 bits per heavy atom. The van der Waals surface area contributed by atoms with Crippen molar-refractivity contribution in [3.8, 4) is 0 Å². The summed E-state index contributed by atoms with van der Waals surface area (Å²) < 4.78 is 6.61. The van der Waals surface area contributed by atoms with Crippen LogP contribution in [-0.2, 0) is 9.53 Å². The van der Waals surface area contributed by atoms with Crippen molar-refractivity contribution in [2.24, 2.45) is 46.3 Å². The van der Waals surface area contributed by atoms with Gasteiger partial charge in [-0.25, -0.2) is 4.79 Å². The molecule has 0 heterocycles. The molecule has 3 heteroatoms. The standard InChI is InChI=1S/C32H56NO2/c1-22(2)10-9-11-23(3)27-14-15-28-26-13-12-24-20-25(35-30(34)21-33(6,7)8)16-18-31(24,4)29(26)17-19-32(27,28)5/h12,22-23,25-29H,9-11,13-21H2,1-8H3/q+1/t23-,25+,26+,27-,28+,29+,31+,32-/m1/s1. The maximum atomic E-state index is 12.5. The lowest BCUT2D eigenvalue weighted by Crippen LogP contribution is -2.51. The molecule has 0 saturated heterocycles. The number of fused-ring (bicyclic) bond motifs is 5. The molecule has 4 aliphatic rings. The van der Waals surface area contributed by atoms with Gasteiger partial charge in [0.25, 0.3) is 0 Å². The van der Waals surface area contributed by atoms with Gasteiger partial charge in [0, 0.05) is 6.42 Å². The van der Waals surface area contributed by atoms with Gasteiger partial charge in [-0.3, -0.25) is 0 Å². The Bertz CT molecular complexity index is 794. The lowest BCUT2D eigenvalue weighted by Gasteiger charge is -2.58. The van der Waals surface area contributed by atoms with E-state index in [1.54, 1.807) is 5.57 Å². The van der Waals surface area contributed by atoms with Crippen LogP contribution in [0.1, 0.15) is 105 Å². The molecule has 0 spiro atoms. The summed E-state index contributed by atoms with van der Waals surface area (Å²) in [6.45, 7) is 13.0. The zero-order valence-corrected chi connectivity index (χ0v) is 24.4. The van der Waals surface area contributed by atoms with Crippen LogP contribution in [0.4, 0.5) is 0 Å². The van der Waals surface area contributed by atoms with Crippen molar-refractivity contribution >= 4 is 5.97 Å². The van der Waals surface area contributed by atoms with E-state index in [1.807, 2.05) is 0 Å². The molecular formula is C32H56NO2+. The molecule has 0 radical (unpaired) electrons. The molecule has 3 saturated carbocycles. The van der Waals surface area contributed by atoms with E-state index in [-0.39, 0.29) is 12.1 Å². The van der Waals surface area contributed by atoms with Crippen LogP contribution >= 0.6 is 0 Å². The minimum absolute atomic E-state index is 0.0340. The van der Waals surface area contributed by atoms with Crippen LogP contribution in [0.25, 0.3) is 0 Å². The maximum absolute atomic E-state index is 12.5. The first-order valence-electron chi connectivity index (χ1n) is 15.0. The predicted molar refractivity (Wildman–Crippen MR) is 146 cm³/mol. The van der Waals surface area contributed by atoms with Gasteiger partial charge in [-0.05, 0) is 91.3 Å². The van der Waals surface area contributed by atoms with Gasteiger partial charge in [0.05, 0.1) is 21.1 Å². The van der Waals surface area contributed by atoms with Crippen LogP contribution in [0.3, 0.4) is 0 Å². The first-order chi connectivity index (χ1) is 16.3. The lowest BCUT2D eigenvalue weighted by molar-refractivity contribution is -0.862. The molecule has 35 heavy (non-hydrogen) atoms. The van der Waals surface area contributed by atoms with Gasteiger partial charge in [-0.15, -0.1) is 0 Å². The van der Waals surface area contributed by atoms with Gasteiger partial charge in [-0.2, -0.15) is 0 Å². The molecule has 4 aliphatic carbocycles. The number of hydrogen-bond acceptors (Lipinski definition) is 2. The van der Waals surface area contributed by atoms with Gasteiger partial charge >= 0.3 is 5.97 Å². The van der Waals surface area contributed by atoms with Gasteiger partial charge in [-0.1, -0.05) is 65.5 Å². The van der Waals surface area contributed by atoms with Crippen LogP contribution in [0.15, 0.2) is 11.6 Å². The Balaban J connectivity index is 1.42. The second kappa shape index (κ2) is 10.1. The summed E-state index contributed by atoms with van der Waals surface area (Å²) in [6.07, 6.45) is 17.2. The highest BCUT2D eigenvalue weighted by Crippen LogP contribution is 2.67. The molecule has 0 aromatic rings. The van der Waals surface area contributed by atoms with Crippen molar-refractivity contribution in [1.29, 1.82) is 0 Å². The number of nitrogens with zero attached hydrogens (tertiary/aromatic N) is 1. The molecule has 0 unspecified atom stereocenters. The number of quaternary nitrogens is 1. The molecule has 8 atom stereocenters. The first kappa shape index (κ1) is 27.2. The number of likely N-dealkylation sites (N-methyl/N-ethyl adjacent to an activating group) is 1. The van der Waals surface area contributed by atoms with Crippen LogP contribution in [0.2, 0.25) is 0 Å². The molecule has 0 amide bonds. The monoisotopic (exact) mass is 486 g/mol. The third-order valence-corrected chi connectivity index (χ3v) is 11.2. The quantitative estimate of drug-likeness (QED) is 0.200. The molecule has 200 valence electrons. The highest BCUT2D eigenvalue weighted by atomic mass is 16.5. The Morgan fingerprint density at radius 1 is 1.03 bits per heavy atom. The summed E-state index contributed by atoms with van der Waals surface area (Å²) in [7, 11) is 6.17. The van der Waals surface area contributed by atoms with E-state index in [1.165, 1.54) is 57.8 Å². The molecule has 0 aromatic carbocycles. The van der Waals surface area contributed by atoms with Crippen LogP contribution < -0.4 is 0 Å². The van der Waals surface area contributed by atoms with Crippen molar-refractivity contribution in [1.82, 2.24) is 0 Å². The van der Waals surface area contributed by atoms with E-state index < -0.39 is 0 Å². The van der Waals surface area contributed by atoms with E-state index in [9.17, 15) is 4.79 Å². The topological polar surface area (TPSA) is 26.3 Å². The largest absolute Gasteiger partial charge is 0.458 e. The van der Waals surface area contributed by atoms with Crippen molar-refractivity contribution in [3.05, 3.63) is 11.6 Å². The van der Waals surface area contributed by atoms with Crippen molar-refractivity contribution in [2.45, 2.75) is 111 Å². The fourth-order valence-electron chi connectivity index (χ4n) is 9.36. The normalized spacial score (nSPS) is 39.9. The molecule has 0 aromatic heterocycles. The third-order valence-electron chi connectivity index (χ3n) is 11.2. The number of rotatable bonds is 8. The molecule has 0 aliphatic heterocycles. The van der Waals surface area contributed by atoms with Crippen LogP contribution in [0.5, 0.6) is 0 Å². The zero-order valence-electron chi connectivity index (χ0n) is 24.4. The SMILES string of the molecule is CC(C)CCC[C@@H](C)[C@H]1CC[C@H]2[C@@H]3CC=C4C[C@@H](OC(=O)C[N+](C)(C)C)CC[C@]4(C)[C@H]3CC[C@]12C. The summed E-state index contributed by atoms with van der Waals surface area (Å²) in [6, 6.07) is 0. The Morgan fingerprint density at radius 3 is 2.46 bits per heavy atom. The van der Waals surface area contributed by atoms with Gasteiger partial charge < -0.3 is 9.22 Å². The van der Waals surface area contributed by atoms with Crippen molar-refractivity contribution in [3.63, 3.8) is 0 Å². The number of carbonyl (C=O) groups is 1. The molecular weight excluding hydrogens is 430 g/mol. The number of allylic oxidation sites excluding steroid dienone is 1. The fourth-order valence-corrected chi connectivity index (χ4v) is 9.36. The maximum Gasteiger partial charge on any atom is 0.362 e. The molecule has 0 bridgehead atoms. The number of carbonyl (C=O) groups excluding carboxylic acids is 1. The Labute approximate surface area is 217 Å². The Hall–Kier alpha value is -0.830. The average Bonchev–Trinajstić information content (AvgIpc) is 3.09. The minimum atomic E-state index is -0.0340. The fraction of sp³-hybridized carbons (Fsp3) is 0.906. The smallest absolute Gasteiger partial charge is 0.362 e. The second-order valence-electron chi connectivity index (χ2n) is 15.1. The van der Waals surface area contributed by atoms with Crippen molar-refractivity contribution < 1.29 is 14.0 Å². The number of ether oxygens (including phenoxy) is 1. The summed E-state index contributed by atoms with van der Waals surface area (Å²) >= 11 is 0. The molecule has 0 N–H and O–H groups in total. The predicted octanol–water partition coefficient (Wildman–Crippen LogP) is 7.65. The highest BCUT2D eigenvalue weighted by Gasteiger charge is 2.59. The number of hydrogen-bond donors (Lipinski definition) is 0. The first-order valence-corrected chi connectivity index (χ1v) is 15.0. The van der Waals surface area contributed by atoms with E-state index in [0.717, 1.165) is 48.3 Å². The van der Waals surface area contributed by atoms with Gasteiger partial charge in [0.2, 0.25) is 0 Å². The lowest BCUT2D eigenvalue weighted by atomic mass is 9.47. The highest BCUT2D eigenvalue weighted by molar-refractivity contribution is 5.70. The van der Waals surface area contributed by atoms with Gasteiger partial charge in [0.1, 0.15) is 6.10 Å². The van der Waals surface area contributed by atoms with E-state index in [0.29, 0.717) is 21.9 Å². The average molecular weight is 487 g/mol. The second-order valence-corrected chi connectivity index (χ2v) is 15.1. The summed E-state index contributed by atoms with van der Waals surface area (Å²) in [5.41, 5.74) is 2.50. The third kappa shape index (κ3) is 5.55. The number of esters is 1. The van der Waals surface area contributed by atoms with Crippen molar-refractivity contribution in [2.75, 3.05) is 27.7 Å². The molecule has 3 fully saturated rings. The van der Waals surface area contributed by atoms with Crippen LogP contribution in [-0.4, -0.2) is 44.2 Å². The summed E-state index contributed by atoms with van der Waals surface area (Å²) in [4.78, 5) is 12.5. The van der Waals surface area contributed by atoms with Gasteiger partial charge in [0.15, 0.2) is 6.54 Å². The Kier molecular flexibility index (Phi) is 7.89. The summed E-state index contributed by atoms with van der Waals surface area (Å²) in [5, 5.41) is 0. The zero-order chi connectivity index (χ0) is 25.6. The van der Waals surface area contributed by atoms with E-state index >= 15 is 0 Å². The molecule has 3 nitrogen and oxygen atoms in total. The van der Waals surface area contributed by atoms with E-state index in [2.05, 4.69) is 61.8 Å². The molecule has 4 rings (SSSR count). The minimum Gasteiger partial charge on any atom is -0.458 e.